The van der Waals surface area contributed by atoms with E-state index >= 15 is 0 Å². The first-order chi connectivity index (χ1) is 9.86. The molecule has 0 aliphatic heterocycles. The first kappa shape index (κ1) is 13.3. The molecule has 0 spiro atoms. The van der Waals surface area contributed by atoms with E-state index in [1.807, 2.05) is 23.6 Å². The lowest BCUT2D eigenvalue weighted by Crippen LogP contribution is -1.81. The maximum absolute atomic E-state index is 8.76. The highest BCUT2D eigenvalue weighted by Crippen LogP contribution is 2.29. The molecule has 3 rings (SSSR count). The molecule has 2 N–H and O–H groups in total. The minimum atomic E-state index is -0.0928. The number of nitrogens with one attached hydrogen (secondary N) is 1. The highest BCUT2D eigenvalue weighted by molar-refractivity contribution is 7.98. The van der Waals surface area contributed by atoms with Gasteiger partial charge in [-0.2, -0.15) is 0 Å². The van der Waals surface area contributed by atoms with Crippen LogP contribution < -0.4 is 0 Å². The second-order valence-electron chi connectivity index (χ2n) is 4.23. The largest absolute Gasteiger partial charge is 0.384 e. The molecule has 2 nitrogen and oxygen atoms in total. The van der Waals surface area contributed by atoms with E-state index in [-0.39, 0.29) is 6.61 Å². The summed E-state index contributed by atoms with van der Waals surface area (Å²) in [4.78, 5) is 4.66. The summed E-state index contributed by atoms with van der Waals surface area (Å²) in [6, 6.07) is 12.5. The predicted octanol–water partition coefficient (Wildman–Crippen LogP) is 3.87. The maximum Gasteiger partial charge on any atom is 0.104 e. The summed E-state index contributed by atoms with van der Waals surface area (Å²) in [7, 11) is 0. The van der Waals surface area contributed by atoms with E-state index in [0.717, 1.165) is 11.3 Å². The SMILES string of the molecule is OCC#Cc1ccsc1CSc1cc2ccccc2[nH]1. The van der Waals surface area contributed by atoms with Crippen LogP contribution in [0.15, 0.2) is 46.8 Å². The van der Waals surface area contributed by atoms with Crippen LogP contribution in [-0.4, -0.2) is 16.7 Å². The van der Waals surface area contributed by atoms with Gasteiger partial charge in [-0.1, -0.05) is 30.0 Å². The summed E-state index contributed by atoms with van der Waals surface area (Å²) in [6.45, 7) is -0.0928. The fraction of sp³-hybridized carbons (Fsp3) is 0.125. The van der Waals surface area contributed by atoms with Crippen molar-refractivity contribution in [1.29, 1.82) is 0 Å². The summed E-state index contributed by atoms with van der Waals surface area (Å²) in [5.41, 5.74) is 2.19. The minimum absolute atomic E-state index is 0.0928. The number of para-hydroxylation sites is 1. The van der Waals surface area contributed by atoms with Crippen molar-refractivity contribution in [2.45, 2.75) is 10.8 Å². The first-order valence-electron chi connectivity index (χ1n) is 6.23. The molecular weight excluding hydrogens is 286 g/mol. The minimum Gasteiger partial charge on any atom is -0.384 e. The second-order valence-corrected chi connectivity index (χ2v) is 6.24. The van der Waals surface area contributed by atoms with Crippen molar-refractivity contribution in [3.63, 3.8) is 0 Å². The number of aromatic amines is 1. The topological polar surface area (TPSA) is 36.0 Å². The van der Waals surface area contributed by atoms with E-state index in [1.54, 1.807) is 23.1 Å². The van der Waals surface area contributed by atoms with Gasteiger partial charge in [0.05, 0.1) is 5.03 Å². The lowest BCUT2D eigenvalue weighted by atomic mass is 10.3. The van der Waals surface area contributed by atoms with Gasteiger partial charge < -0.3 is 10.1 Å². The lowest BCUT2D eigenvalue weighted by molar-refractivity contribution is 0.350. The van der Waals surface area contributed by atoms with Gasteiger partial charge in [-0.3, -0.25) is 0 Å². The third kappa shape index (κ3) is 2.91. The molecule has 0 unspecified atom stereocenters. The van der Waals surface area contributed by atoms with Gasteiger partial charge in [-0.25, -0.2) is 0 Å². The lowest BCUT2D eigenvalue weighted by Gasteiger charge is -1.97. The number of thioether (sulfide) groups is 1. The number of hydrogen-bond donors (Lipinski definition) is 2. The average molecular weight is 299 g/mol. The van der Waals surface area contributed by atoms with Crippen LogP contribution in [0.5, 0.6) is 0 Å². The monoisotopic (exact) mass is 299 g/mol. The molecule has 0 fully saturated rings. The smallest absolute Gasteiger partial charge is 0.104 e. The van der Waals surface area contributed by atoms with Gasteiger partial charge in [0, 0.05) is 27.1 Å². The standard InChI is InChI=1S/C16H13NOS2/c18-8-3-5-12-7-9-19-15(12)11-20-16-10-13-4-1-2-6-14(13)17-16/h1-2,4,6-7,9-10,17-18H,8,11H2. The zero-order valence-corrected chi connectivity index (χ0v) is 12.4. The zero-order valence-electron chi connectivity index (χ0n) is 10.7. The molecule has 0 bridgehead atoms. The molecule has 0 saturated carbocycles. The van der Waals surface area contributed by atoms with Crippen LogP contribution >= 0.6 is 23.1 Å². The molecule has 2 aromatic heterocycles. The van der Waals surface area contributed by atoms with Crippen molar-refractivity contribution in [2.24, 2.45) is 0 Å². The second kappa shape index (κ2) is 6.19. The van der Waals surface area contributed by atoms with E-state index in [4.69, 9.17) is 5.11 Å². The van der Waals surface area contributed by atoms with Crippen LogP contribution in [0.3, 0.4) is 0 Å². The quantitative estimate of drug-likeness (QED) is 0.569. The number of aromatic nitrogens is 1. The van der Waals surface area contributed by atoms with E-state index < -0.39 is 0 Å². The third-order valence-corrected chi connectivity index (χ3v) is 4.98. The number of thiophene rings is 1. The summed E-state index contributed by atoms with van der Waals surface area (Å²) >= 11 is 3.48. The van der Waals surface area contributed by atoms with Gasteiger partial charge in [0.15, 0.2) is 0 Å². The fourth-order valence-electron chi connectivity index (χ4n) is 1.97. The van der Waals surface area contributed by atoms with Gasteiger partial charge in [-0.05, 0) is 23.6 Å². The molecule has 1 aromatic carbocycles. The Balaban J connectivity index is 1.74. The molecule has 0 radical (unpaired) electrons. The van der Waals surface area contributed by atoms with Crippen molar-refractivity contribution >= 4 is 34.0 Å². The Labute approximate surface area is 125 Å². The highest BCUT2D eigenvalue weighted by Gasteiger charge is 2.05. The van der Waals surface area contributed by atoms with Gasteiger partial charge in [-0.15, -0.1) is 23.1 Å². The normalized spacial score (nSPS) is 10.4. The van der Waals surface area contributed by atoms with E-state index in [0.29, 0.717) is 0 Å². The van der Waals surface area contributed by atoms with Crippen molar-refractivity contribution in [2.75, 3.05) is 6.61 Å². The number of aliphatic hydroxyl groups excluding tert-OH is 1. The fourth-order valence-corrected chi connectivity index (χ4v) is 3.86. The highest BCUT2D eigenvalue weighted by atomic mass is 32.2. The molecule has 2 heterocycles. The molecule has 100 valence electrons. The van der Waals surface area contributed by atoms with E-state index in [2.05, 4.69) is 35.0 Å². The molecule has 4 heteroatoms. The van der Waals surface area contributed by atoms with Crippen molar-refractivity contribution in [3.05, 3.63) is 52.2 Å². The molecule has 20 heavy (non-hydrogen) atoms. The Morgan fingerprint density at radius 2 is 2.15 bits per heavy atom. The van der Waals surface area contributed by atoms with Crippen molar-refractivity contribution in [3.8, 4) is 11.8 Å². The van der Waals surface area contributed by atoms with Crippen LogP contribution in [0.1, 0.15) is 10.4 Å². The predicted molar refractivity (Wildman–Crippen MR) is 86.1 cm³/mol. The summed E-state index contributed by atoms with van der Waals surface area (Å²) in [5, 5.41) is 13.2. The average Bonchev–Trinajstić information content (AvgIpc) is 3.08. The number of aliphatic hydroxyl groups is 1. The zero-order chi connectivity index (χ0) is 13.8. The third-order valence-electron chi connectivity index (χ3n) is 2.91. The van der Waals surface area contributed by atoms with Crippen LogP contribution in [-0.2, 0) is 5.75 Å². The number of H-pyrrole nitrogens is 1. The van der Waals surface area contributed by atoms with Crippen LogP contribution in [0.2, 0.25) is 0 Å². The molecular formula is C16H13NOS2. The van der Waals surface area contributed by atoms with Crippen LogP contribution in [0, 0.1) is 11.8 Å². The Morgan fingerprint density at radius 3 is 3.00 bits per heavy atom. The van der Waals surface area contributed by atoms with Gasteiger partial charge in [0.2, 0.25) is 0 Å². The summed E-state index contributed by atoms with van der Waals surface area (Å²) in [5.74, 6) is 6.59. The van der Waals surface area contributed by atoms with Crippen LogP contribution in [0.25, 0.3) is 10.9 Å². The van der Waals surface area contributed by atoms with Gasteiger partial charge in [0.25, 0.3) is 0 Å². The van der Waals surface area contributed by atoms with Gasteiger partial charge in [0.1, 0.15) is 6.61 Å². The molecule has 0 aliphatic carbocycles. The maximum atomic E-state index is 8.76. The Bertz CT molecular complexity index is 743. The molecule has 0 aliphatic rings. The molecule has 0 atom stereocenters. The first-order valence-corrected chi connectivity index (χ1v) is 8.10. The molecule has 3 aromatic rings. The summed E-state index contributed by atoms with van der Waals surface area (Å²) < 4.78 is 0. The van der Waals surface area contributed by atoms with Crippen molar-refractivity contribution in [1.82, 2.24) is 4.98 Å². The number of rotatable bonds is 3. The molecule has 0 amide bonds. The Hall–Kier alpha value is -1.67. The Kier molecular flexibility index (Phi) is 4.12. The number of fused-ring (bicyclic) bond motifs is 1. The van der Waals surface area contributed by atoms with E-state index in [1.165, 1.54) is 20.8 Å². The van der Waals surface area contributed by atoms with Crippen molar-refractivity contribution < 1.29 is 5.11 Å². The van der Waals surface area contributed by atoms with Crippen LogP contribution in [0.4, 0.5) is 0 Å². The summed E-state index contributed by atoms with van der Waals surface area (Å²) in [6.07, 6.45) is 0. The van der Waals surface area contributed by atoms with Gasteiger partial charge >= 0.3 is 0 Å². The number of benzene rings is 1. The number of hydrogen-bond acceptors (Lipinski definition) is 3. The Morgan fingerprint density at radius 1 is 1.25 bits per heavy atom. The van der Waals surface area contributed by atoms with E-state index in [9.17, 15) is 0 Å². The molecule has 0 saturated heterocycles.